The molecule has 0 aliphatic carbocycles. The second-order valence-corrected chi connectivity index (χ2v) is 12.0. The molecule has 0 unspecified atom stereocenters. The molecule has 0 amide bonds. The second kappa shape index (κ2) is 13.0. The maximum atomic E-state index is 13.4. The van der Waals surface area contributed by atoms with E-state index in [9.17, 15) is 4.79 Å². The third-order valence-electron chi connectivity index (χ3n) is 6.92. The standard InChI is InChI=1S/C31H35ClN8O2S/c1-19(2)25(9-10-43-6)37-39-17-23(15-35-39)27-12-22-14-34-30(13-28(22)40(27)31(41)42-20(3)4)36-26-8-7-21(11-24(26)32)29-16-33-18-38(29)5/h7-8,11-18,20,25,37H,1,9-10H2,2-6H3,(H,34,36)/t25-/m0/s1. The van der Waals surface area contributed by atoms with Crippen molar-refractivity contribution in [2.24, 2.45) is 7.05 Å². The number of fused-ring (bicyclic) bond motifs is 1. The van der Waals surface area contributed by atoms with Gasteiger partial charge in [-0.15, -0.1) is 0 Å². The lowest BCUT2D eigenvalue weighted by molar-refractivity contribution is 0.118. The van der Waals surface area contributed by atoms with Gasteiger partial charge in [0.15, 0.2) is 0 Å². The SMILES string of the molecule is C=C(C)[C@H](CCSC)Nn1cc(-c2cc3cnc(Nc4ccc(-c5cncn5C)cc4Cl)cc3n2C(=O)OC(C)C)cn1. The molecule has 1 aromatic carbocycles. The number of ether oxygens (including phenoxy) is 1. The molecule has 10 nitrogen and oxygen atoms in total. The summed E-state index contributed by atoms with van der Waals surface area (Å²) in [6, 6.07) is 9.54. The minimum Gasteiger partial charge on any atom is -0.446 e. The number of carbonyl (C=O) groups excluding carboxylic acids is 1. The molecule has 0 spiro atoms. The number of imidazole rings is 1. The fraction of sp³-hybridized carbons (Fsp3) is 0.290. The van der Waals surface area contributed by atoms with Crippen LogP contribution in [0.25, 0.3) is 33.4 Å². The van der Waals surface area contributed by atoms with Crippen LogP contribution in [0.2, 0.25) is 5.02 Å². The zero-order valence-electron chi connectivity index (χ0n) is 24.8. The number of nitrogens with zero attached hydrogens (tertiary/aromatic N) is 6. The minimum absolute atomic E-state index is 0.0693. The predicted octanol–water partition coefficient (Wildman–Crippen LogP) is 7.33. The fourth-order valence-corrected chi connectivity index (χ4v) is 5.42. The van der Waals surface area contributed by atoms with E-state index in [2.05, 4.69) is 38.6 Å². The van der Waals surface area contributed by atoms with Crippen LogP contribution >= 0.6 is 23.4 Å². The van der Waals surface area contributed by atoms with Crippen molar-refractivity contribution in [1.82, 2.24) is 29.0 Å². The van der Waals surface area contributed by atoms with Crippen LogP contribution < -0.4 is 10.7 Å². The highest BCUT2D eigenvalue weighted by atomic mass is 35.5. The number of rotatable bonds is 11. The van der Waals surface area contributed by atoms with E-state index in [1.54, 1.807) is 46.0 Å². The van der Waals surface area contributed by atoms with Gasteiger partial charge >= 0.3 is 6.09 Å². The molecule has 5 rings (SSSR count). The summed E-state index contributed by atoms with van der Waals surface area (Å²) in [6.07, 6.45) is 11.1. The van der Waals surface area contributed by atoms with Gasteiger partial charge in [-0.2, -0.15) is 21.7 Å². The van der Waals surface area contributed by atoms with Gasteiger partial charge in [0.1, 0.15) is 5.82 Å². The normalized spacial score (nSPS) is 12.1. The molecule has 4 aromatic heterocycles. The van der Waals surface area contributed by atoms with E-state index in [4.69, 9.17) is 16.3 Å². The Morgan fingerprint density at radius 2 is 1.95 bits per heavy atom. The van der Waals surface area contributed by atoms with Crippen LogP contribution in [0.15, 0.2) is 73.6 Å². The summed E-state index contributed by atoms with van der Waals surface area (Å²) >= 11 is 8.44. The Morgan fingerprint density at radius 1 is 1.14 bits per heavy atom. The number of benzene rings is 1. The Kier molecular flexibility index (Phi) is 9.12. The number of aryl methyl sites for hydroxylation is 1. The first-order chi connectivity index (χ1) is 20.6. The number of nitrogens with one attached hydrogen (secondary N) is 2. The second-order valence-electron chi connectivity index (χ2n) is 10.6. The third-order valence-corrected chi connectivity index (χ3v) is 7.88. The molecule has 0 saturated heterocycles. The van der Waals surface area contributed by atoms with Gasteiger partial charge in [0.25, 0.3) is 0 Å². The first-order valence-electron chi connectivity index (χ1n) is 13.9. The van der Waals surface area contributed by atoms with E-state index >= 15 is 0 Å². The Balaban J connectivity index is 1.48. The number of hydrogen-bond donors (Lipinski definition) is 2. The van der Waals surface area contributed by atoms with Gasteiger partial charge in [0.2, 0.25) is 0 Å². The number of thioether (sulfide) groups is 1. The van der Waals surface area contributed by atoms with Gasteiger partial charge in [-0.1, -0.05) is 29.8 Å². The number of halogens is 1. The zero-order valence-corrected chi connectivity index (χ0v) is 26.4. The monoisotopic (exact) mass is 618 g/mol. The van der Waals surface area contributed by atoms with E-state index in [0.29, 0.717) is 27.7 Å². The van der Waals surface area contributed by atoms with Crippen LogP contribution in [0.4, 0.5) is 16.3 Å². The van der Waals surface area contributed by atoms with Crippen molar-refractivity contribution in [3.8, 4) is 22.5 Å². The number of carbonyl (C=O) groups is 1. The van der Waals surface area contributed by atoms with Crippen molar-refractivity contribution in [3.05, 3.63) is 78.6 Å². The molecule has 4 heterocycles. The molecular formula is C31H35ClN8O2S. The minimum atomic E-state index is -0.490. The average molecular weight is 619 g/mol. The van der Waals surface area contributed by atoms with Crippen LogP contribution in [0.5, 0.6) is 0 Å². The molecule has 12 heteroatoms. The molecule has 5 aromatic rings. The maximum absolute atomic E-state index is 13.4. The van der Waals surface area contributed by atoms with Crippen molar-refractivity contribution in [2.45, 2.75) is 39.3 Å². The van der Waals surface area contributed by atoms with Crippen LogP contribution in [-0.4, -0.2) is 59.2 Å². The predicted molar refractivity (Wildman–Crippen MR) is 176 cm³/mol. The quantitative estimate of drug-likeness (QED) is 0.148. The lowest BCUT2D eigenvalue weighted by atomic mass is 10.1. The highest BCUT2D eigenvalue weighted by molar-refractivity contribution is 7.98. The van der Waals surface area contributed by atoms with Crippen molar-refractivity contribution >= 4 is 51.9 Å². The number of anilines is 2. The van der Waals surface area contributed by atoms with Crippen LogP contribution in [0.3, 0.4) is 0 Å². The summed E-state index contributed by atoms with van der Waals surface area (Å²) in [6.45, 7) is 9.77. The topological polar surface area (TPSA) is 104 Å². The first kappa shape index (κ1) is 30.2. The van der Waals surface area contributed by atoms with Crippen LogP contribution in [0, 0.1) is 0 Å². The van der Waals surface area contributed by atoms with E-state index in [1.807, 2.05) is 68.9 Å². The fourth-order valence-electron chi connectivity index (χ4n) is 4.72. The molecule has 1 atom stereocenters. The van der Waals surface area contributed by atoms with E-state index in [-0.39, 0.29) is 12.1 Å². The number of hydrogen-bond acceptors (Lipinski definition) is 8. The molecule has 0 fully saturated rings. The summed E-state index contributed by atoms with van der Waals surface area (Å²) in [7, 11) is 1.93. The molecule has 43 heavy (non-hydrogen) atoms. The van der Waals surface area contributed by atoms with Gasteiger partial charge < -0.3 is 20.0 Å². The van der Waals surface area contributed by atoms with Crippen molar-refractivity contribution in [2.75, 3.05) is 22.8 Å². The summed E-state index contributed by atoms with van der Waals surface area (Å²) in [5, 5.41) is 9.11. The molecule has 224 valence electrons. The molecule has 0 aliphatic heterocycles. The van der Waals surface area contributed by atoms with Crippen molar-refractivity contribution in [3.63, 3.8) is 0 Å². The van der Waals surface area contributed by atoms with Gasteiger partial charge in [-0.25, -0.2) is 19.3 Å². The zero-order chi connectivity index (χ0) is 30.7. The van der Waals surface area contributed by atoms with Crippen LogP contribution in [0.1, 0.15) is 27.2 Å². The van der Waals surface area contributed by atoms with Gasteiger partial charge in [0, 0.05) is 35.8 Å². The summed E-state index contributed by atoms with van der Waals surface area (Å²) < 4.78 is 9.13. The summed E-state index contributed by atoms with van der Waals surface area (Å²) in [5.41, 5.74) is 9.04. The number of pyridine rings is 1. The van der Waals surface area contributed by atoms with E-state index in [0.717, 1.165) is 40.0 Å². The van der Waals surface area contributed by atoms with Crippen LogP contribution in [-0.2, 0) is 11.8 Å². The Bertz CT molecular complexity index is 1770. The molecular weight excluding hydrogens is 584 g/mol. The highest BCUT2D eigenvalue weighted by Crippen LogP contribution is 2.33. The molecule has 0 bridgehead atoms. The summed E-state index contributed by atoms with van der Waals surface area (Å²) in [4.78, 5) is 23.9. The Labute approximate surface area is 260 Å². The van der Waals surface area contributed by atoms with E-state index in [1.165, 1.54) is 0 Å². The van der Waals surface area contributed by atoms with Crippen molar-refractivity contribution in [1.29, 1.82) is 0 Å². The van der Waals surface area contributed by atoms with Gasteiger partial charge in [0.05, 0.1) is 64.7 Å². The molecule has 0 saturated carbocycles. The summed E-state index contributed by atoms with van der Waals surface area (Å²) in [5.74, 6) is 1.53. The maximum Gasteiger partial charge on any atom is 0.419 e. The van der Waals surface area contributed by atoms with E-state index < -0.39 is 6.09 Å². The highest BCUT2D eigenvalue weighted by Gasteiger charge is 2.21. The Morgan fingerprint density at radius 3 is 2.63 bits per heavy atom. The lowest BCUT2D eigenvalue weighted by Gasteiger charge is -2.19. The molecule has 0 radical (unpaired) electrons. The number of aromatic nitrogens is 6. The first-order valence-corrected chi connectivity index (χ1v) is 15.6. The smallest absolute Gasteiger partial charge is 0.419 e. The molecule has 2 N–H and O–H groups in total. The van der Waals surface area contributed by atoms with Gasteiger partial charge in [-0.3, -0.25) is 0 Å². The van der Waals surface area contributed by atoms with Crippen molar-refractivity contribution < 1.29 is 9.53 Å². The Hall–Kier alpha value is -4.22. The molecule has 0 aliphatic rings. The largest absolute Gasteiger partial charge is 0.446 e. The lowest BCUT2D eigenvalue weighted by Crippen LogP contribution is -2.29. The van der Waals surface area contributed by atoms with Gasteiger partial charge in [-0.05, 0) is 57.4 Å². The average Bonchev–Trinajstić information content (AvgIpc) is 3.69. The third kappa shape index (κ3) is 6.73.